The van der Waals surface area contributed by atoms with Crippen LogP contribution < -0.4 is 14.8 Å². The number of hydrogen-bond donors (Lipinski definition) is 2. The van der Waals surface area contributed by atoms with E-state index in [9.17, 15) is 17.6 Å². The Morgan fingerprint density at radius 2 is 1.77 bits per heavy atom. The molecule has 0 fully saturated rings. The lowest BCUT2D eigenvalue weighted by Gasteiger charge is -2.08. The molecule has 2 N–H and O–H groups in total. The third-order valence-corrected chi connectivity index (χ3v) is 5.99. The SMILES string of the molecule is COc1ccc(S(=O)(=O)NCCNC(=O)CCc2ccc(-c3ccccc3F)o2)cc1. The summed E-state index contributed by atoms with van der Waals surface area (Å²) in [5, 5.41) is 2.66. The van der Waals surface area contributed by atoms with Gasteiger partial charge < -0.3 is 14.5 Å². The van der Waals surface area contributed by atoms with Gasteiger partial charge >= 0.3 is 0 Å². The molecule has 0 saturated carbocycles. The van der Waals surface area contributed by atoms with Gasteiger partial charge in [0, 0.05) is 25.9 Å². The Balaban J connectivity index is 1.41. The largest absolute Gasteiger partial charge is 0.497 e. The average molecular weight is 447 g/mol. The Bertz CT molecular complexity index is 1130. The number of sulfonamides is 1. The van der Waals surface area contributed by atoms with Gasteiger partial charge in [-0.25, -0.2) is 17.5 Å². The summed E-state index contributed by atoms with van der Waals surface area (Å²) in [5.74, 6) is 0.907. The summed E-state index contributed by atoms with van der Waals surface area (Å²) < 4.78 is 51.3. The molecule has 1 amide bonds. The summed E-state index contributed by atoms with van der Waals surface area (Å²) in [7, 11) is -2.17. The molecule has 0 aliphatic rings. The summed E-state index contributed by atoms with van der Waals surface area (Å²) in [4.78, 5) is 12.1. The average Bonchev–Trinajstić information content (AvgIpc) is 3.24. The van der Waals surface area contributed by atoms with E-state index < -0.39 is 10.0 Å². The molecule has 3 aromatic rings. The highest BCUT2D eigenvalue weighted by molar-refractivity contribution is 7.89. The van der Waals surface area contributed by atoms with Crippen molar-refractivity contribution in [3.63, 3.8) is 0 Å². The number of aryl methyl sites for hydroxylation is 1. The zero-order valence-corrected chi connectivity index (χ0v) is 17.7. The fourth-order valence-corrected chi connectivity index (χ4v) is 3.90. The molecule has 0 radical (unpaired) electrons. The van der Waals surface area contributed by atoms with Crippen molar-refractivity contribution in [3.05, 3.63) is 72.2 Å². The molecule has 7 nitrogen and oxygen atoms in total. The van der Waals surface area contributed by atoms with Crippen LogP contribution in [0.25, 0.3) is 11.3 Å². The molecule has 1 heterocycles. The molecule has 2 aromatic carbocycles. The molecule has 0 saturated heterocycles. The first-order chi connectivity index (χ1) is 14.9. The van der Waals surface area contributed by atoms with Gasteiger partial charge in [0.2, 0.25) is 15.9 Å². The van der Waals surface area contributed by atoms with E-state index in [1.807, 2.05) is 0 Å². The second-order valence-corrected chi connectivity index (χ2v) is 8.44. The van der Waals surface area contributed by atoms with Crippen molar-refractivity contribution in [3.8, 4) is 17.1 Å². The summed E-state index contributed by atoms with van der Waals surface area (Å²) in [6.45, 7) is 0.200. The molecular formula is C22H23FN2O5S. The number of hydrogen-bond acceptors (Lipinski definition) is 5. The van der Waals surface area contributed by atoms with Gasteiger partial charge in [0.05, 0.1) is 17.6 Å². The highest BCUT2D eigenvalue weighted by atomic mass is 32.2. The summed E-state index contributed by atoms with van der Waals surface area (Å²) in [6.07, 6.45) is 0.507. The van der Waals surface area contributed by atoms with Gasteiger partial charge in [0.25, 0.3) is 0 Å². The predicted molar refractivity (Wildman–Crippen MR) is 114 cm³/mol. The van der Waals surface area contributed by atoms with Crippen LogP contribution >= 0.6 is 0 Å². The molecular weight excluding hydrogens is 423 g/mol. The fraction of sp³-hybridized carbons (Fsp3) is 0.227. The van der Waals surface area contributed by atoms with Gasteiger partial charge in [-0.1, -0.05) is 12.1 Å². The molecule has 164 valence electrons. The maximum absolute atomic E-state index is 13.8. The van der Waals surface area contributed by atoms with Gasteiger partial charge in [-0.15, -0.1) is 0 Å². The lowest BCUT2D eigenvalue weighted by Crippen LogP contribution is -2.34. The number of benzene rings is 2. The maximum Gasteiger partial charge on any atom is 0.240 e. The number of halogens is 1. The Labute approximate surface area is 180 Å². The molecule has 0 aliphatic heterocycles. The van der Waals surface area contributed by atoms with Gasteiger partial charge in [-0.05, 0) is 48.5 Å². The normalized spacial score (nSPS) is 11.3. The third-order valence-electron chi connectivity index (χ3n) is 4.51. The zero-order valence-electron chi connectivity index (χ0n) is 16.9. The van der Waals surface area contributed by atoms with E-state index in [-0.39, 0.29) is 36.1 Å². The molecule has 9 heteroatoms. The van der Waals surface area contributed by atoms with Gasteiger partial charge in [-0.3, -0.25) is 4.79 Å². The minimum Gasteiger partial charge on any atom is -0.497 e. The van der Waals surface area contributed by atoms with Gasteiger partial charge in [0.15, 0.2) is 0 Å². The second kappa shape index (κ2) is 10.2. The number of rotatable bonds is 10. The van der Waals surface area contributed by atoms with Crippen LogP contribution in [-0.2, 0) is 21.2 Å². The summed E-state index contributed by atoms with van der Waals surface area (Å²) >= 11 is 0. The molecule has 0 aliphatic carbocycles. The van der Waals surface area contributed by atoms with E-state index in [1.54, 1.807) is 42.5 Å². The van der Waals surface area contributed by atoms with E-state index in [1.165, 1.54) is 25.3 Å². The van der Waals surface area contributed by atoms with Crippen LogP contribution in [0.4, 0.5) is 4.39 Å². The number of nitrogens with one attached hydrogen (secondary N) is 2. The molecule has 3 rings (SSSR count). The maximum atomic E-state index is 13.8. The monoisotopic (exact) mass is 446 g/mol. The van der Waals surface area contributed by atoms with Crippen LogP contribution in [0.15, 0.2) is 70.0 Å². The quantitative estimate of drug-likeness (QED) is 0.467. The lowest BCUT2D eigenvalue weighted by molar-refractivity contribution is -0.121. The Morgan fingerprint density at radius 3 is 2.48 bits per heavy atom. The molecule has 0 atom stereocenters. The third kappa shape index (κ3) is 6.16. The number of amides is 1. The number of ether oxygens (including phenoxy) is 1. The first-order valence-electron chi connectivity index (χ1n) is 9.63. The summed E-state index contributed by atoms with van der Waals surface area (Å²) in [6, 6.07) is 15.7. The fourth-order valence-electron chi connectivity index (χ4n) is 2.87. The van der Waals surface area contributed by atoms with Crippen LogP contribution in [0, 0.1) is 5.82 Å². The second-order valence-electron chi connectivity index (χ2n) is 6.67. The standard InChI is InChI=1S/C22H23FN2O5S/c1-29-16-6-10-18(11-7-16)31(27,28)25-15-14-24-22(26)13-9-17-8-12-21(30-17)19-4-2-3-5-20(19)23/h2-8,10-12,25H,9,13-15H2,1H3,(H,24,26). The molecule has 0 bridgehead atoms. The molecule has 1 aromatic heterocycles. The Hall–Kier alpha value is -3.17. The van der Waals surface area contributed by atoms with E-state index in [0.29, 0.717) is 29.3 Å². The minimum atomic E-state index is -3.67. The van der Waals surface area contributed by atoms with Crippen LogP contribution in [0.2, 0.25) is 0 Å². The van der Waals surface area contributed by atoms with E-state index in [4.69, 9.17) is 9.15 Å². The Kier molecular flexibility index (Phi) is 7.43. The first-order valence-corrected chi connectivity index (χ1v) is 11.1. The lowest BCUT2D eigenvalue weighted by atomic mass is 10.1. The van der Waals surface area contributed by atoms with Crippen LogP contribution in [0.1, 0.15) is 12.2 Å². The van der Waals surface area contributed by atoms with E-state index in [0.717, 1.165) is 0 Å². The van der Waals surface area contributed by atoms with E-state index in [2.05, 4.69) is 10.0 Å². The highest BCUT2D eigenvalue weighted by Gasteiger charge is 2.14. The summed E-state index contributed by atoms with van der Waals surface area (Å²) in [5.41, 5.74) is 0.363. The van der Waals surface area contributed by atoms with Crippen LogP contribution in [-0.4, -0.2) is 34.5 Å². The van der Waals surface area contributed by atoms with Crippen LogP contribution in [0.3, 0.4) is 0 Å². The number of furan rings is 1. The molecule has 0 spiro atoms. The van der Waals surface area contributed by atoms with Crippen molar-refractivity contribution >= 4 is 15.9 Å². The molecule has 0 unspecified atom stereocenters. The van der Waals surface area contributed by atoms with E-state index >= 15 is 0 Å². The van der Waals surface area contributed by atoms with Crippen molar-refractivity contribution < 1.29 is 26.8 Å². The number of carbonyl (C=O) groups excluding carboxylic acids is 1. The Morgan fingerprint density at radius 1 is 1.03 bits per heavy atom. The van der Waals surface area contributed by atoms with Crippen molar-refractivity contribution in [2.24, 2.45) is 0 Å². The van der Waals surface area contributed by atoms with Gasteiger partial charge in [0.1, 0.15) is 23.1 Å². The topological polar surface area (TPSA) is 97.6 Å². The smallest absolute Gasteiger partial charge is 0.240 e. The zero-order chi connectivity index (χ0) is 22.3. The highest BCUT2D eigenvalue weighted by Crippen LogP contribution is 2.25. The predicted octanol–water partition coefficient (Wildman–Crippen LogP) is 3.12. The minimum absolute atomic E-state index is 0.0539. The van der Waals surface area contributed by atoms with Crippen molar-refractivity contribution in [2.45, 2.75) is 17.7 Å². The van der Waals surface area contributed by atoms with Gasteiger partial charge in [-0.2, -0.15) is 0 Å². The van der Waals surface area contributed by atoms with Crippen molar-refractivity contribution in [2.75, 3.05) is 20.2 Å². The number of carbonyl (C=O) groups is 1. The number of methoxy groups -OCH3 is 1. The van der Waals surface area contributed by atoms with Crippen molar-refractivity contribution in [1.82, 2.24) is 10.0 Å². The van der Waals surface area contributed by atoms with Crippen molar-refractivity contribution in [1.29, 1.82) is 0 Å². The molecule has 31 heavy (non-hydrogen) atoms. The van der Waals surface area contributed by atoms with Crippen LogP contribution in [0.5, 0.6) is 5.75 Å². The first kappa shape index (κ1) is 22.5.